The van der Waals surface area contributed by atoms with Crippen LogP contribution in [0.3, 0.4) is 0 Å². The molecule has 0 saturated heterocycles. The monoisotopic (exact) mass is 304 g/mol. The zero-order chi connectivity index (χ0) is 15.8. The van der Waals surface area contributed by atoms with E-state index in [-0.39, 0.29) is 6.04 Å². The number of aryl methyl sites for hydroxylation is 2. The van der Waals surface area contributed by atoms with Crippen molar-refractivity contribution in [3.05, 3.63) is 59.0 Å². The Hall–Kier alpha value is -2.49. The molecule has 0 radical (unpaired) electrons. The minimum atomic E-state index is 0.289. The summed E-state index contributed by atoms with van der Waals surface area (Å²) in [5.74, 6) is 0.826. The summed E-state index contributed by atoms with van der Waals surface area (Å²) in [6.07, 6.45) is 6.89. The van der Waals surface area contributed by atoms with Gasteiger partial charge < -0.3 is 5.32 Å². The van der Waals surface area contributed by atoms with Gasteiger partial charge in [0.2, 0.25) is 0 Å². The van der Waals surface area contributed by atoms with E-state index in [0.717, 1.165) is 23.3 Å². The average Bonchev–Trinajstić information content (AvgIpc) is 2.56. The molecule has 2 aromatic heterocycles. The number of benzene rings is 1. The molecule has 1 aliphatic rings. The Morgan fingerprint density at radius 2 is 2.04 bits per heavy atom. The Kier molecular flexibility index (Phi) is 3.45. The first-order chi connectivity index (χ1) is 11.2. The molecular formula is C19H20N4. The van der Waals surface area contributed by atoms with Crippen LogP contribution in [0.2, 0.25) is 0 Å². The summed E-state index contributed by atoms with van der Waals surface area (Å²) >= 11 is 0. The van der Waals surface area contributed by atoms with Gasteiger partial charge in [-0.15, -0.1) is 0 Å². The third kappa shape index (κ3) is 2.54. The Morgan fingerprint density at radius 3 is 2.96 bits per heavy atom. The van der Waals surface area contributed by atoms with Crippen molar-refractivity contribution in [3.63, 3.8) is 0 Å². The molecule has 0 fully saturated rings. The molecule has 1 aliphatic carbocycles. The predicted molar refractivity (Wildman–Crippen MR) is 92.6 cm³/mol. The van der Waals surface area contributed by atoms with Crippen LogP contribution in [0.4, 0.5) is 5.82 Å². The topological polar surface area (TPSA) is 50.7 Å². The zero-order valence-corrected chi connectivity index (χ0v) is 13.5. The first-order valence-electron chi connectivity index (χ1n) is 8.14. The quantitative estimate of drug-likeness (QED) is 0.773. The number of pyridine rings is 1. The Bertz CT molecular complexity index is 867. The fourth-order valence-corrected chi connectivity index (χ4v) is 3.64. The molecule has 0 spiro atoms. The molecule has 1 atom stereocenters. The van der Waals surface area contributed by atoms with Crippen molar-refractivity contribution in [3.8, 4) is 0 Å². The van der Waals surface area contributed by atoms with Gasteiger partial charge in [-0.05, 0) is 61.9 Å². The number of fused-ring (bicyclic) bond motifs is 2. The predicted octanol–water partition coefficient (Wildman–Crippen LogP) is 4.13. The Labute approximate surface area is 136 Å². The first-order valence-corrected chi connectivity index (χ1v) is 8.14. The van der Waals surface area contributed by atoms with Crippen molar-refractivity contribution in [2.24, 2.45) is 0 Å². The van der Waals surface area contributed by atoms with Crippen molar-refractivity contribution < 1.29 is 0 Å². The van der Waals surface area contributed by atoms with Crippen LogP contribution in [0.1, 0.15) is 41.1 Å². The molecular weight excluding hydrogens is 284 g/mol. The number of nitrogens with one attached hydrogen (secondary N) is 1. The average molecular weight is 304 g/mol. The summed E-state index contributed by atoms with van der Waals surface area (Å²) in [6.45, 7) is 4.39. The molecule has 23 heavy (non-hydrogen) atoms. The highest BCUT2D eigenvalue weighted by atomic mass is 15.1. The van der Waals surface area contributed by atoms with Gasteiger partial charge in [0.05, 0.1) is 11.6 Å². The Balaban J connectivity index is 1.76. The molecule has 1 unspecified atom stereocenters. The standard InChI is InChI=1S/C19H20N4/c1-12-9-13(2)14-5-3-6-16(15(14)10-12)23-19-18-17(21-11-22-19)7-4-8-20-18/h4,7-11,16H,3,5-6H2,1-2H3,(H,21,22,23). The number of anilines is 1. The number of aromatic nitrogens is 3. The fourth-order valence-electron chi connectivity index (χ4n) is 3.64. The lowest BCUT2D eigenvalue weighted by Crippen LogP contribution is -2.19. The Morgan fingerprint density at radius 1 is 1.13 bits per heavy atom. The largest absolute Gasteiger partial charge is 0.361 e. The van der Waals surface area contributed by atoms with E-state index in [1.54, 1.807) is 12.5 Å². The molecule has 4 rings (SSSR count). The van der Waals surface area contributed by atoms with Crippen LogP contribution in [0, 0.1) is 13.8 Å². The lowest BCUT2D eigenvalue weighted by atomic mass is 9.84. The molecule has 116 valence electrons. The summed E-state index contributed by atoms with van der Waals surface area (Å²) in [4.78, 5) is 13.2. The van der Waals surface area contributed by atoms with Crippen LogP contribution >= 0.6 is 0 Å². The van der Waals surface area contributed by atoms with E-state index < -0.39 is 0 Å². The highest BCUT2D eigenvalue weighted by molar-refractivity contribution is 5.84. The van der Waals surface area contributed by atoms with E-state index in [1.165, 1.54) is 35.1 Å². The zero-order valence-electron chi connectivity index (χ0n) is 13.5. The molecule has 0 aliphatic heterocycles. The number of nitrogens with zero attached hydrogens (tertiary/aromatic N) is 3. The maximum atomic E-state index is 4.45. The molecule has 0 saturated carbocycles. The molecule has 2 heterocycles. The van der Waals surface area contributed by atoms with E-state index in [4.69, 9.17) is 0 Å². The number of hydrogen-bond donors (Lipinski definition) is 1. The van der Waals surface area contributed by atoms with Crippen LogP contribution in [0.15, 0.2) is 36.8 Å². The number of rotatable bonds is 2. The lowest BCUT2D eigenvalue weighted by molar-refractivity contribution is 0.596. The van der Waals surface area contributed by atoms with Crippen molar-refractivity contribution in [2.45, 2.75) is 39.2 Å². The normalized spacial score (nSPS) is 17.0. The fraction of sp³-hybridized carbons (Fsp3) is 0.316. The van der Waals surface area contributed by atoms with Crippen LogP contribution in [-0.2, 0) is 6.42 Å². The molecule has 1 N–H and O–H groups in total. The van der Waals surface area contributed by atoms with E-state index in [0.29, 0.717) is 0 Å². The van der Waals surface area contributed by atoms with Gasteiger partial charge in [-0.25, -0.2) is 9.97 Å². The van der Waals surface area contributed by atoms with E-state index in [2.05, 4.69) is 46.2 Å². The maximum absolute atomic E-state index is 4.45. The van der Waals surface area contributed by atoms with Crippen molar-refractivity contribution in [2.75, 3.05) is 5.32 Å². The van der Waals surface area contributed by atoms with Gasteiger partial charge in [-0.2, -0.15) is 0 Å². The van der Waals surface area contributed by atoms with Gasteiger partial charge in [-0.3, -0.25) is 4.98 Å². The minimum Gasteiger partial charge on any atom is -0.361 e. The van der Waals surface area contributed by atoms with Crippen molar-refractivity contribution in [1.29, 1.82) is 0 Å². The first kappa shape index (κ1) is 14.1. The van der Waals surface area contributed by atoms with Crippen LogP contribution in [-0.4, -0.2) is 15.0 Å². The van der Waals surface area contributed by atoms with Crippen LogP contribution < -0.4 is 5.32 Å². The second kappa shape index (κ2) is 5.61. The highest BCUT2D eigenvalue weighted by Crippen LogP contribution is 2.35. The van der Waals surface area contributed by atoms with Gasteiger partial charge in [0.25, 0.3) is 0 Å². The minimum absolute atomic E-state index is 0.289. The molecule has 3 aromatic rings. The van der Waals surface area contributed by atoms with E-state index >= 15 is 0 Å². The SMILES string of the molecule is Cc1cc(C)c2c(c1)C(Nc1ncnc3cccnc13)CCC2. The molecule has 4 heteroatoms. The molecule has 1 aromatic carbocycles. The van der Waals surface area contributed by atoms with Crippen LogP contribution in [0.25, 0.3) is 11.0 Å². The van der Waals surface area contributed by atoms with E-state index in [9.17, 15) is 0 Å². The molecule has 0 amide bonds. The third-order valence-corrected chi connectivity index (χ3v) is 4.65. The second-order valence-corrected chi connectivity index (χ2v) is 6.33. The summed E-state index contributed by atoms with van der Waals surface area (Å²) in [5.41, 5.74) is 7.34. The smallest absolute Gasteiger partial charge is 0.156 e. The molecule has 0 bridgehead atoms. The van der Waals surface area contributed by atoms with Gasteiger partial charge >= 0.3 is 0 Å². The van der Waals surface area contributed by atoms with Crippen molar-refractivity contribution in [1.82, 2.24) is 15.0 Å². The summed E-state index contributed by atoms with van der Waals surface area (Å²) in [6, 6.07) is 8.76. The summed E-state index contributed by atoms with van der Waals surface area (Å²) in [5, 5.41) is 3.62. The third-order valence-electron chi connectivity index (χ3n) is 4.65. The summed E-state index contributed by atoms with van der Waals surface area (Å²) in [7, 11) is 0. The number of hydrogen-bond acceptors (Lipinski definition) is 4. The highest BCUT2D eigenvalue weighted by Gasteiger charge is 2.22. The van der Waals surface area contributed by atoms with Gasteiger partial charge in [0, 0.05) is 6.20 Å². The van der Waals surface area contributed by atoms with E-state index in [1.807, 2.05) is 12.1 Å². The van der Waals surface area contributed by atoms with Gasteiger partial charge in [0.1, 0.15) is 11.8 Å². The maximum Gasteiger partial charge on any atom is 0.156 e. The summed E-state index contributed by atoms with van der Waals surface area (Å²) < 4.78 is 0. The van der Waals surface area contributed by atoms with Gasteiger partial charge in [-0.1, -0.05) is 17.7 Å². The van der Waals surface area contributed by atoms with Gasteiger partial charge in [0.15, 0.2) is 5.82 Å². The van der Waals surface area contributed by atoms with Crippen LogP contribution in [0.5, 0.6) is 0 Å². The van der Waals surface area contributed by atoms with Crippen molar-refractivity contribution >= 4 is 16.9 Å². The molecule has 4 nitrogen and oxygen atoms in total. The lowest BCUT2D eigenvalue weighted by Gasteiger charge is -2.28. The second-order valence-electron chi connectivity index (χ2n) is 6.33.